The van der Waals surface area contributed by atoms with Crippen LogP contribution < -0.4 is 5.73 Å². The van der Waals surface area contributed by atoms with Crippen molar-refractivity contribution in [3.8, 4) is 0 Å². The number of nitrogens with zero attached hydrogens (tertiary/aromatic N) is 1. The van der Waals surface area contributed by atoms with Crippen LogP contribution >= 0.6 is 0 Å². The lowest BCUT2D eigenvalue weighted by molar-refractivity contribution is 0.573. The van der Waals surface area contributed by atoms with Gasteiger partial charge in [-0.2, -0.15) is 0 Å². The summed E-state index contributed by atoms with van der Waals surface area (Å²) >= 11 is 0. The third-order valence-electron chi connectivity index (χ3n) is 3.57. The van der Waals surface area contributed by atoms with E-state index in [9.17, 15) is 0 Å². The molecule has 1 aromatic carbocycles. The largest absolute Gasteiger partial charge is 0.349 e. The summed E-state index contributed by atoms with van der Waals surface area (Å²) in [4.78, 5) is 0. The van der Waals surface area contributed by atoms with Gasteiger partial charge >= 0.3 is 0 Å². The molecule has 2 N–H and O–H groups in total. The van der Waals surface area contributed by atoms with Crippen LogP contribution in [0.1, 0.15) is 35.6 Å². The fraction of sp³-hybridized carbons (Fsp3) is 0.333. The van der Waals surface area contributed by atoms with E-state index < -0.39 is 0 Å². The van der Waals surface area contributed by atoms with Crippen LogP contribution in [0.15, 0.2) is 42.7 Å². The quantitative estimate of drug-likeness (QED) is 0.838. The maximum atomic E-state index is 6.14. The van der Waals surface area contributed by atoms with Crippen LogP contribution in [0.2, 0.25) is 0 Å². The van der Waals surface area contributed by atoms with Gasteiger partial charge in [-0.15, -0.1) is 0 Å². The fourth-order valence-electron chi connectivity index (χ4n) is 2.67. The predicted octanol–water partition coefficient (Wildman–Crippen LogP) is 2.87. The van der Waals surface area contributed by atoms with Crippen LogP contribution in [-0.4, -0.2) is 4.57 Å². The highest BCUT2D eigenvalue weighted by atomic mass is 14.9. The van der Waals surface area contributed by atoms with Crippen LogP contribution in [0.5, 0.6) is 0 Å². The molecule has 0 bridgehead atoms. The molecule has 1 aromatic heterocycles. The standard InChI is InChI=1S/C15H18N2/c16-15-8-4-7-13-10-17(11-14(13)15)9-12-5-2-1-3-6-12/h1-3,5-6,10-11,15H,4,7-9,16H2. The van der Waals surface area contributed by atoms with E-state index in [2.05, 4.69) is 47.3 Å². The maximum Gasteiger partial charge on any atom is 0.0470 e. The Bertz CT molecular complexity index is 499. The van der Waals surface area contributed by atoms with Crippen LogP contribution in [0, 0.1) is 0 Å². The Balaban J connectivity index is 1.85. The third-order valence-corrected chi connectivity index (χ3v) is 3.57. The Kier molecular flexibility index (Phi) is 2.73. The van der Waals surface area contributed by atoms with Gasteiger partial charge in [-0.05, 0) is 36.0 Å². The summed E-state index contributed by atoms with van der Waals surface area (Å²) in [6, 6.07) is 10.8. The van der Waals surface area contributed by atoms with Gasteiger partial charge < -0.3 is 10.3 Å². The Hall–Kier alpha value is -1.54. The third kappa shape index (κ3) is 2.13. The molecule has 2 nitrogen and oxygen atoms in total. The van der Waals surface area contributed by atoms with Crippen molar-refractivity contribution in [1.29, 1.82) is 0 Å². The van der Waals surface area contributed by atoms with E-state index in [4.69, 9.17) is 5.73 Å². The van der Waals surface area contributed by atoms with Gasteiger partial charge in [-0.25, -0.2) is 0 Å². The Morgan fingerprint density at radius 2 is 2.00 bits per heavy atom. The normalized spacial score (nSPS) is 19.0. The number of rotatable bonds is 2. The summed E-state index contributed by atoms with van der Waals surface area (Å²) in [7, 11) is 0. The average Bonchev–Trinajstić information content (AvgIpc) is 2.74. The smallest absolute Gasteiger partial charge is 0.0470 e. The van der Waals surface area contributed by atoms with Crippen LogP contribution in [0.4, 0.5) is 0 Å². The highest BCUT2D eigenvalue weighted by molar-refractivity contribution is 5.30. The second-order valence-corrected chi connectivity index (χ2v) is 4.90. The number of fused-ring (bicyclic) bond motifs is 1. The molecule has 0 amide bonds. The molecular formula is C15H18N2. The summed E-state index contributed by atoms with van der Waals surface area (Å²) in [6.07, 6.45) is 8.03. The zero-order chi connectivity index (χ0) is 11.7. The molecule has 0 fully saturated rings. The molecule has 0 saturated heterocycles. The van der Waals surface area contributed by atoms with Crippen molar-refractivity contribution in [3.05, 3.63) is 59.4 Å². The van der Waals surface area contributed by atoms with Gasteiger partial charge in [0.1, 0.15) is 0 Å². The zero-order valence-electron chi connectivity index (χ0n) is 9.97. The molecule has 3 rings (SSSR count). The highest BCUT2D eigenvalue weighted by Gasteiger charge is 2.18. The van der Waals surface area contributed by atoms with E-state index in [0.717, 1.165) is 13.0 Å². The molecular weight excluding hydrogens is 208 g/mol. The molecule has 1 heterocycles. The van der Waals surface area contributed by atoms with E-state index in [1.165, 1.54) is 29.5 Å². The van der Waals surface area contributed by atoms with Crippen molar-refractivity contribution in [3.63, 3.8) is 0 Å². The molecule has 0 radical (unpaired) electrons. The molecule has 17 heavy (non-hydrogen) atoms. The molecule has 1 unspecified atom stereocenters. The molecule has 1 atom stereocenters. The Morgan fingerprint density at radius 3 is 2.76 bits per heavy atom. The van der Waals surface area contributed by atoms with Crippen LogP contribution in [0.25, 0.3) is 0 Å². The molecule has 1 aliphatic rings. The first kappa shape index (κ1) is 10.6. The number of hydrogen-bond donors (Lipinski definition) is 1. The van der Waals surface area contributed by atoms with Crippen LogP contribution in [-0.2, 0) is 13.0 Å². The van der Waals surface area contributed by atoms with Gasteiger partial charge in [0.05, 0.1) is 0 Å². The first-order valence-corrected chi connectivity index (χ1v) is 6.31. The van der Waals surface area contributed by atoms with Crippen molar-refractivity contribution in [2.24, 2.45) is 5.73 Å². The predicted molar refractivity (Wildman–Crippen MR) is 69.8 cm³/mol. The summed E-state index contributed by atoms with van der Waals surface area (Å²) < 4.78 is 2.27. The molecule has 0 saturated carbocycles. The zero-order valence-corrected chi connectivity index (χ0v) is 9.97. The second-order valence-electron chi connectivity index (χ2n) is 4.90. The van der Waals surface area contributed by atoms with Crippen molar-refractivity contribution >= 4 is 0 Å². The summed E-state index contributed by atoms with van der Waals surface area (Å²) in [6.45, 7) is 0.945. The summed E-state index contributed by atoms with van der Waals surface area (Å²) in [5, 5.41) is 0. The molecule has 2 aromatic rings. The van der Waals surface area contributed by atoms with Gasteiger partial charge in [0.25, 0.3) is 0 Å². The van der Waals surface area contributed by atoms with Gasteiger partial charge in [-0.1, -0.05) is 30.3 Å². The minimum Gasteiger partial charge on any atom is -0.349 e. The number of aryl methyl sites for hydroxylation is 1. The molecule has 0 aliphatic heterocycles. The lowest BCUT2D eigenvalue weighted by Crippen LogP contribution is -2.15. The molecule has 2 heteroatoms. The van der Waals surface area contributed by atoms with E-state index >= 15 is 0 Å². The molecule has 0 spiro atoms. The lowest BCUT2D eigenvalue weighted by atomic mass is 9.92. The van der Waals surface area contributed by atoms with Gasteiger partial charge in [-0.3, -0.25) is 0 Å². The first-order valence-electron chi connectivity index (χ1n) is 6.31. The van der Waals surface area contributed by atoms with Crippen molar-refractivity contribution in [1.82, 2.24) is 4.57 Å². The highest BCUT2D eigenvalue weighted by Crippen LogP contribution is 2.28. The Morgan fingerprint density at radius 1 is 1.18 bits per heavy atom. The second kappa shape index (κ2) is 4.38. The lowest BCUT2D eigenvalue weighted by Gasteiger charge is -2.17. The minimum absolute atomic E-state index is 0.246. The SMILES string of the molecule is NC1CCCc2cn(Cc3ccccc3)cc21. The summed E-state index contributed by atoms with van der Waals surface area (Å²) in [5.74, 6) is 0. The number of hydrogen-bond acceptors (Lipinski definition) is 1. The van der Waals surface area contributed by atoms with E-state index in [1.807, 2.05) is 0 Å². The number of benzene rings is 1. The molecule has 1 aliphatic carbocycles. The fourth-order valence-corrected chi connectivity index (χ4v) is 2.67. The van der Waals surface area contributed by atoms with Crippen molar-refractivity contribution in [2.75, 3.05) is 0 Å². The topological polar surface area (TPSA) is 30.9 Å². The van der Waals surface area contributed by atoms with Crippen molar-refractivity contribution in [2.45, 2.75) is 31.8 Å². The average molecular weight is 226 g/mol. The van der Waals surface area contributed by atoms with E-state index in [1.54, 1.807) is 0 Å². The van der Waals surface area contributed by atoms with E-state index in [-0.39, 0.29) is 6.04 Å². The van der Waals surface area contributed by atoms with Crippen molar-refractivity contribution < 1.29 is 0 Å². The number of aromatic nitrogens is 1. The maximum absolute atomic E-state index is 6.14. The molecule has 88 valence electrons. The first-order chi connectivity index (χ1) is 8.33. The summed E-state index contributed by atoms with van der Waals surface area (Å²) in [5.41, 5.74) is 10.3. The van der Waals surface area contributed by atoms with Gasteiger partial charge in [0.2, 0.25) is 0 Å². The monoisotopic (exact) mass is 226 g/mol. The van der Waals surface area contributed by atoms with Gasteiger partial charge in [0.15, 0.2) is 0 Å². The Labute approximate surface area is 102 Å². The van der Waals surface area contributed by atoms with Gasteiger partial charge in [0, 0.05) is 25.0 Å². The van der Waals surface area contributed by atoms with Crippen LogP contribution in [0.3, 0.4) is 0 Å². The van der Waals surface area contributed by atoms with E-state index in [0.29, 0.717) is 0 Å². The minimum atomic E-state index is 0.246. The number of nitrogens with two attached hydrogens (primary N) is 1.